The number of carboxylic acid groups (broad SMARTS) is 1. The van der Waals surface area contributed by atoms with Crippen molar-refractivity contribution in [1.82, 2.24) is 10.3 Å². The maximum atomic E-state index is 10.4. The molecule has 0 aromatic carbocycles. The number of hydrogen-bond donors (Lipinski definition) is 2. The minimum atomic E-state index is -0.999. The Labute approximate surface area is 81.5 Å². The molecule has 1 heterocycles. The molecule has 0 unspecified atom stereocenters. The molecule has 0 radical (unpaired) electrons. The van der Waals surface area contributed by atoms with Gasteiger partial charge in [-0.15, -0.1) is 0 Å². The number of nitrogens with one attached hydrogen (secondary N) is 1. The van der Waals surface area contributed by atoms with E-state index in [9.17, 15) is 4.79 Å². The lowest BCUT2D eigenvalue weighted by Crippen LogP contribution is -2.20. The van der Waals surface area contributed by atoms with Crippen LogP contribution < -0.4 is 5.32 Å². The Morgan fingerprint density at radius 2 is 2.50 bits per heavy atom. The van der Waals surface area contributed by atoms with Crippen LogP contribution in [0.25, 0.3) is 0 Å². The molecule has 0 amide bonds. The van der Waals surface area contributed by atoms with Crippen molar-refractivity contribution in [3.63, 3.8) is 0 Å². The summed E-state index contributed by atoms with van der Waals surface area (Å²) in [5.74, 6) is 0.278. The van der Waals surface area contributed by atoms with E-state index in [-0.39, 0.29) is 12.1 Å². The maximum Gasteiger partial charge on any atom is 0.332 e. The fourth-order valence-electron chi connectivity index (χ4n) is 0.879. The van der Waals surface area contributed by atoms with Crippen molar-refractivity contribution in [2.45, 2.75) is 13.5 Å². The van der Waals surface area contributed by atoms with Crippen LogP contribution in [-0.2, 0) is 11.3 Å². The highest BCUT2D eigenvalue weighted by molar-refractivity contribution is 5.86. The van der Waals surface area contributed by atoms with Crippen LogP contribution in [0.15, 0.2) is 22.8 Å². The lowest BCUT2D eigenvalue weighted by Gasteiger charge is -2.00. The summed E-state index contributed by atoms with van der Waals surface area (Å²) in [6.45, 7) is 5.80. The first-order chi connectivity index (χ1) is 6.59. The second-order valence-corrected chi connectivity index (χ2v) is 2.88. The van der Waals surface area contributed by atoms with Gasteiger partial charge in [-0.25, -0.2) is 9.78 Å². The molecule has 0 saturated heterocycles. The Hall–Kier alpha value is -1.62. The molecule has 76 valence electrons. The first-order valence-electron chi connectivity index (χ1n) is 4.12. The van der Waals surface area contributed by atoms with Gasteiger partial charge >= 0.3 is 5.97 Å². The van der Waals surface area contributed by atoms with Crippen molar-refractivity contribution in [3.8, 4) is 0 Å². The molecule has 14 heavy (non-hydrogen) atoms. The van der Waals surface area contributed by atoms with Crippen molar-refractivity contribution in [3.05, 3.63) is 30.0 Å². The number of carbonyl (C=O) groups is 1. The topological polar surface area (TPSA) is 75.4 Å². The van der Waals surface area contributed by atoms with E-state index >= 15 is 0 Å². The van der Waals surface area contributed by atoms with E-state index in [1.165, 1.54) is 0 Å². The number of aromatic nitrogens is 1. The number of rotatable bonds is 5. The van der Waals surface area contributed by atoms with E-state index in [1.807, 2.05) is 0 Å². The van der Waals surface area contributed by atoms with Crippen LogP contribution in [0.1, 0.15) is 11.7 Å². The van der Waals surface area contributed by atoms with Crippen molar-refractivity contribution in [1.29, 1.82) is 0 Å². The zero-order chi connectivity index (χ0) is 10.6. The Bertz CT molecular complexity index is 344. The van der Waals surface area contributed by atoms with Gasteiger partial charge in [-0.05, 0) is 6.92 Å². The first kappa shape index (κ1) is 10.5. The van der Waals surface area contributed by atoms with Crippen LogP contribution in [0.2, 0.25) is 0 Å². The molecule has 0 aliphatic carbocycles. The molecule has 0 aliphatic heterocycles. The fourth-order valence-corrected chi connectivity index (χ4v) is 0.879. The Balaban J connectivity index is 2.29. The van der Waals surface area contributed by atoms with E-state index < -0.39 is 5.97 Å². The van der Waals surface area contributed by atoms with Crippen LogP contribution >= 0.6 is 0 Å². The van der Waals surface area contributed by atoms with E-state index in [2.05, 4.69) is 16.9 Å². The molecule has 2 N–H and O–H groups in total. The zero-order valence-corrected chi connectivity index (χ0v) is 7.91. The third kappa shape index (κ3) is 3.02. The van der Waals surface area contributed by atoms with Crippen molar-refractivity contribution in [2.24, 2.45) is 0 Å². The number of hydrogen-bond acceptors (Lipinski definition) is 4. The van der Waals surface area contributed by atoms with Gasteiger partial charge in [0.15, 0.2) is 0 Å². The van der Waals surface area contributed by atoms with E-state index in [0.717, 1.165) is 5.76 Å². The molecule has 1 aromatic rings. The fraction of sp³-hybridized carbons (Fsp3) is 0.333. The SMILES string of the molecule is C=C(CNCc1ncc(C)o1)C(=O)O. The summed E-state index contributed by atoms with van der Waals surface area (Å²) in [5.41, 5.74) is 0.119. The molecular formula is C9H12N2O3. The third-order valence-electron chi connectivity index (χ3n) is 1.59. The second kappa shape index (κ2) is 4.57. The smallest absolute Gasteiger partial charge is 0.332 e. The Morgan fingerprint density at radius 3 is 3.00 bits per heavy atom. The summed E-state index contributed by atoms with van der Waals surface area (Å²) >= 11 is 0. The van der Waals surface area contributed by atoms with Gasteiger partial charge in [-0.3, -0.25) is 0 Å². The molecule has 0 spiro atoms. The number of aryl methyl sites for hydroxylation is 1. The van der Waals surface area contributed by atoms with Crippen LogP contribution in [0.3, 0.4) is 0 Å². The molecular weight excluding hydrogens is 184 g/mol. The number of nitrogens with zero attached hydrogens (tertiary/aromatic N) is 1. The average molecular weight is 196 g/mol. The van der Waals surface area contributed by atoms with Gasteiger partial charge in [-0.2, -0.15) is 0 Å². The molecule has 1 aromatic heterocycles. The monoisotopic (exact) mass is 196 g/mol. The van der Waals surface area contributed by atoms with Gasteiger partial charge in [0.2, 0.25) is 5.89 Å². The molecule has 1 rings (SSSR count). The minimum absolute atomic E-state index is 0.119. The van der Waals surface area contributed by atoms with E-state index in [4.69, 9.17) is 9.52 Å². The summed E-state index contributed by atoms with van der Waals surface area (Å²) in [6.07, 6.45) is 1.61. The highest BCUT2D eigenvalue weighted by Gasteiger charge is 2.04. The molecule has 0 atom stereocenters. The summed E-state index contributed by atoms with van der Waals surface area (Å²) in [7, 11) is 0. The van der Waals surface area contributed by atoms with Gasteiger partial charge in [-0.1, -0.05) is 6.58 Å². The predicted octanol–water partition coefficient (Wildman–Crippen LogP) is 0.713. The minimum Gasteiger partial charge on any atom is -0.478 e. The molecule has 5 nitrogen and oxygen atoms in total. The van der Waals surface area contributed by atoms with Gasteiger partial charge in [0, 0.05) is 12.1 Å². The molecule has 0 aliphatic rings. The van der Waals surface area contributed by atoms with Crippen LogP contribution in [-0.4, -0.2) is 22.6 Å². The first-order valence-corrected chi connectivity index (χ1v) is 4.12. The van der Waals surface area contributed by atoms with Gasteiger partial charge < -0.3 is 14.8 Å². The van der Waals surface area contributed by atoms with Gasteiger partial charge in [0.05, 0.1) is 12.7 Å². The van der Waals surface area contributed by atoms with E-state index in [1.54, 1.807) is 13.1 Å². The number of carboxylic acids is 1. The van der Waals surface area contributed by atoms with Crippen molar-refractivity contribution in [2.75, 3.05) is 6.54 Å². The molecule has 0 fully saturated rings. The lowest BCUT2D eigenvalue weighted by molar-refractivity contribution is -0.132. The lowest BCUT2D eigenvalue weighted by atomic mass is 10.3. The van der Waals surface area contributed by atoms with E-state index in [0.29, 0.717) is 12.4 Å². The van der Waals surface area contributed by atoms with Gasteiger partial charge in [0.25, 0.3) is 0 Å². The highest BCUT2D eigenvalue weighted by Crippen LogP contribution is 2.00. The quantitative estimate of drug-likeness (QED) is 0.678. The van der Waals surface area contributed by atoms with Crippen LogP contribution in [0.4, 0.5) is 0 Å². The largest absolute Gasteiger partial charge is 0.478 e. The number of aliphatic carboxylic acids is 1. The summed E-state index contributed by atoms with van der Waals surface area (Å²) < 4.78 is 5.18. The second-order valence-electron chi connectivity index (χ2n) is 2.88. The van der Waals surface area contributed by atoms with Crippen molar-refractivity contribution < 1.29 is 14.3 Å². The third-order valence-corrected chi connectivity index (χ3v) is 1.59. The standard InChI is InChI=1S/C9H12N2O3/c1-6(9(12)13)3-10-5-8-11-4-7(2)14-8/h4,10H,1,3,5H2,2H3,(H,12,13). The zero-order valence-electron chi connectivity index (χ0n) is 7.91. The van der Waals surface area contributed by atoms with Crippen LogP contribution in [0.5, 0.6) is 0 Å². The highest BCUT2D eigenvalue weighted by atomic mass is 16.4. The number of oxazole rings is 1. The Morgan fingerprint density at radius 1 is 1.79 bits per heavy atom. The summed E-state index contributed by atoms with van der Waals surface area (Å²) in [6, 6.07) is 0. The van der Waals surface area contributed by atoms with Crippen LogP contribution in [0, 0.1) is 6.92 Å². The predicted molar refractivity (Wildman–Crippen MR) is 49.7 cm³/mol. The Kier molecular flexibility index (Phi) is 3.41. The van der Waals surface area contributed by atoms with Crippen molar-refractivity contribution >= 4 is 5.97 Å². The maximum absolute atomic E-state index is 10.4. The average Bonchev–Trinajstić information content (AvgIpc) is 2.51. The molecule has 0 bridgehead atoms. The van der Waals surface area contributed by atoms with Gasteiger partial charge in [0.1, 0.15) is 5.76 Å². The molecule has 0 saturated carbocycles. The summed E-state index contributed by atoms with van der Waals surface area (Å²) in [5, 5.41) is 11.4. The molecule has 5 heteroatoms. The normalized spacial score (nSPS) is 10.1. The summed E-state index contributed by atoms with van der Waals surface area (Å²) in [4.78, 5) is 14.3.